The molecular formula is C21H24OSi. The van der Waals surface area contributed by atoms with Gasteiger partial charge in [0, 0.05) is 12.0 Å². The Morgan fingerprint density at radius 3 is 2.30 bits per heavy atom. The zero-order valence-electron chi connectivity index (χ0n) is 14.2. The van der Waals surface area contributed by atoms with Crippen molar-refractivity contribution in [2.75, 3.05) is 0 Å². The van der Waals surface area contributed by atoms with Crippen LogP contribution in [0.3, 0.4) is 0 Å². The molecular weight excluding hydrogens is 296 g/mol. The number of hydrogen-bond acceptors (Lipinski definition) is 1. The standard InChI is InChI=1S/C21H24OSi/c1-5-11-19-17-14-9-10-15-18(17)21(23(2,3)4)20(22-19)16-12-7-6-8-13-16/h5-10,12-15,19H,1,11H2,2-4H3. The fourth-order valence-corrected chi connectivity index (χ4v) is 5.19. The third kappa shape index (κ3) is 3.04. The minimum atomic E-state index is -1.58. The van der Waals surface area contributed by atoms with Crippen molar-refractivity contribution in [3.63, 3.8) is 0 Å². The zero-order valence-corrected chi connectivity index (χ0v) is 15.2. The van der Waals surface area contributed by atoms with E-state index in [1.54, 1.807) is 0 Å². The maximum absolute atomic E-state index is 6.52. The fourth-order valence-electron chi connectivity index (χ4n) is 3.27. The molecule has 1 aliphatic heterocycles. The van der Waals surface area contributed by atoms with Crippen molar-refractivity contribution in [3.8, 4) is 0 Å². The van der Waals surface area contributed by atoms with Crippen molar-refractivity contribution in [3.05, 3.63) is 83.9 Å². The molecule has 0 saturated carbocycles. The number of benzene rings is 2. The average molecular weight is 321 g/mol. The highest BCUT2D eigenvalue weighted by atomic mass is 28.3. The van der Waals surface area contributed by atoms with Crippen LogP contribution in [0.15, 0.2) is 67.3 Å². The van der Waals surface area contributed by atoms with Gasteiger partial charge in [-0.25, -0.2) is 0 Å². The maximum atomic E-state index is 6.52. The second-order valence-electron chi connectivity index (χ2n) is 7.04. The molecule has 0 amide bonds. The minimum Gasteiger partial charge on any atom is -0.485 e. The number of fused-ring (bicyclic) bond motifs is 1. The molecule has 3 rings (SSSR count). The normalized spacial score (nSPS) is 17.4. The number of rotatable bonds is 4. The van der Waals surface area contributed by atoms with E-state index in [0.717, 1.165) is 12.2 Å². The van der Waals surface area contributed by atoms with Crippen LogP contribution in [-0.2, 0) is 4.74 Å². The van der Waals surface area contributed by atoms with Crippen molar-refractivity contribution < 1.29 is 4.74 Å². The molecule has 0 aliphatic carbocycles. The Labute approximate surface area is 140 Å². The Bertz CT molecular complexity index is 738. The van der Waals surface area contributed by atoms with Crippen molar-refractivity contribution in [2.45, 2.75) is 32.2 Å². The highest BCUT2D eigenvalue weighted by Crippen LogP contribution is 2.45. The van der Waals surface area contributed by atoms with Gasteiger partial charge in [0.2, 0.25) is 0 Å². The van der Waals surface area contributed by atoms with Gasteiger partial charge in [-0.15, -0.1) is 6.58 Å². The molecule has 118 valence electrons. The van der Waals surface area contributed by atoms with Gasteiger partial charge >= 0.3 is 0 Å². The molecule has 2 heteroatoms. The van der Waals surface area contributed by atoms with Crippen LogP contribution in [0.1, 0.15) is 29.2 Å². The van der Waals surface area contributed by atoms with Crippen molar-refractivity contribution in [1.82, 2.24) is 0 Å². The Hall–Kier alpha value is -2.06. The van der Waals surface area contributed by atoms with Crippen LogP contribution in [0, 0.1) is 0 Å². The molecule has 1 nitrogen and oxygen atoms in total. The van der Waals surface area contributed by atoms with E-state index in [4.69, 9.17) is 4.74 Å². The van der Waals surface area contributed by atoms with E-state index in [-0.39, 0.29) is 6.10 Å². The summed E-state index contributed by atoms with van der Waals surface area (Å²) < 4.78 is 6.52. The van der Waals surface area contributed by atoms with Crippen molar-refractivity contribution >= 4 is 19.0 Å². The van der Waals surface area contributed by atoms with Crippen LogP contribution in [0.25, 0.3) is 11.0 Å². The lowest BCUT2D eigenvalue weighted by molar-refractivity contribution is 0.169. The smallest absolute Gasteiger partial charge is 0.128 e. The zero-order chi connectivity index (χ0) is 16.4. The minimum absolute atomic E-state index is 0.0546. The third-order valence-corrected chi connectivity index (χ3v) is 6.23. The van der Waals surface area contributed by atoms with Gasteiger partial charge in [-0.3, -0.25) is 0 Å². The summed E-state index contributed by atoms with van der Waals surface area (Å²) in [5.74, 6) is 1.07. The van der Waals surface area contributed by atoms with E-state index in [2.05, 4.69) is 80.8 Å². The Morgan fingerprint density at radius 2 is 1.65 bits per heavy atom. The van der Waals surface area contributed by atoms with Crippen LogP contribution in [-0.4, -0.2) is 8.07 Å². The third-order valence-electron chi connectivity index (χ3n) is 4.23. The Balaban J connectivity index is 2.27. The summed E-state index contributed by atoms with van der Waals surface area (Å²) in [5, 5.41) is 1.42. The molecule has 0 bridgehead atoms. The Morgan fingerprint density at radius 1 is 1.00 bits per heavy atom. The molecule has 1 unspecified atom stereocenters. The van der Waals surface area contributed by atoms with E-state index in [9.17, 15) is 0 Å². The first kappa shape index (κ1) is 15.8. The van der Waals surface area contributed by atoms with Crippen LogP contribution in [0.5, 0.6) is 0 Å². The molecule has 0 spiro atoms. The van der Waals surface area contributed by atoms with Crippen LogP contribution in [0.2, 0.25) is 19.6 Å². The molecule has 1 atom stereocenters. The van der Waals surface area contributed by atoms with Gasteiger partial charge in [-0.2, -0.15) is 0 Å². The fraction of sp³-hybridized carbons (Fsp3) is 0.238. The number of hydrogen-bond donors (Lipinski definition) is 0. The summed E-state index contributed by atoms with van der Waals surface area (Å²) in [6.07, 6.45) is 2.83. The van der Waals surface area contributed by atoms with Crippen molar-refractivity contribution in [2.24, 2.45) is 0 Å². The van der Waals surface area contributed by atoms with Gasteiger partial charge in [0.15, 0.2) is 0 Å². The maximum Gasteiger partial charge on any atom is 0.128 e. The molecule has 2 aromatic rings. The van der Waals surface area contributed by atoms with Crippen LogP contribution >= 0.6 is 0 Å². The molecule has 0 aromatic heterocycles. The predicted octanol–water partition coefficient (Wildman–Crippen LogP) is 6.08. The SMILES string of the molecule is C=CCC1OC(c2ccccc2)=C([Si](C)(C)C)c2ccccc21. The molecule has 1 heterocycles. The Kier molecular flexibility index (Phi) is 4.27. The molecule has 23 heavy (non-hydrogen) atoms. The van der Waals surface area contributed by atoms with E-state index >= 15 is 0 Å². The van der Waals surface area contributed by atoms with Gasteiger partial charge in [0.05, 0.1) is 8.07 Å². The molecule has 0 fully saturated rings. The summed E-state index contributed by atoms with van der Waals surface area (Å²) in [6, 6.07) is 19.2. The molecule has 0 radical (unpaired) electrons. The van der Waals surface area contributed by atoms with Gasteiger partial charge in [-0.1, -0.05) is 80.3 Å². The van der Waals surface area contributed by atoms with Gasteiger partial charge in [-0.05, 0) is 16.3 Å². The topological polar surface area (TPSA) is 9.23 Å². The predicted molar refractivity (Wildman–Crippen MR) is 102 cm³/mol. The summed E-state index contributed by atoms with van der Waals surface area (Å²) in [5.41, 5.74) is 3.83. The lowest BCUT2D eigenvalue weighted by atomic mass is 9.95. The van der Waals surface area contributed by atoms with Gasteiger partial charge < -0.3 is 4.74 Å². The number of ether oxygens (including phenoxy) is 1. The summed E-state index contributed by atoms with van der Waals surface area (Å²) in [7, 11) is -1.58. The van der Waals surface area contributed by atoms with Gasteiger partial charge in [0.1, 0.15) is 11.9 Å². The van der Waals surface area contributed by atoms with E-state index < -0.39 is 8.07 Å². The molecule has 0 N–H and O–H groups in total. The van der Waals surface area contributed by atoms with Crippen molar-refractivity contribution in [1.29, 1.82) is 0 Å². The largest absolute Gasteiger partial charge is 0.485 e. The molecule has 1 aliphatic rings. The van der Waals surface area contributed by atoms with E-state index in [0.29, 0.717) is 0 Å². The van der Waals surface area contributed by atoms with Gasteiger partial charge in [0.25, 0.3) is 0 Å². The van der Waals surface area contributed by atoms with E-state index in [1.807, 2.05) is 6.08 Å². The first-order valence-corrected chi connectivity index (χ1v) is 11.7. The first-order valence-electron chi connectivity index (χ1n) is 8.19. The highest BCUT2D eigenvalue weighted by Gasteiger charge is 2.34. The summed E-state index contributed by atoms with van der Waals surface area (Å²) in [6.45, 7) is 11.1. The summed E-state index contributed by atoms with van der Waals surface area (Å²) >= 11 is 0. The van der Waals surface area contributed by atoms with Crippen LogP contribution < -0.4 is 0 Å². The second-order valence-corrected chi connectivity index (χ2v) is 12.0. The average Bonchev–Trinajstić information content (AvgIpc) is 2.54. The molecule has 0 saturated heterocycles. The lowest BCUT2D eigenvalue weighted by Gasteiger charge is -2.35. The summed E-state index contributed by atoms with van der Waals surface area (Å²) in [4.78, 5) is 0. The lowest BCUT2D eigenvalue weighted by Crippen LogP contribution is -2.28. The monoisotopic (exact) mass is 320 g/mol. The molecule has 2 aromatic carbocycles. The highest BCUT2D eigenvalue weighted by molar-refractivity contribution is 6.95. The quantitative estimate of drug-likeness (QED) is 0.490. The van der Waals surface area contributed by atoms with Crippen LogP contribution in [0.4, 0.5) is 0 Å². The first-order chi connectivity index (χ1) is 11.0. The second kappa shape index (κ2) is 6.21. The van der Waals surface area contributed by atoms with E-state index in [1.165, 1.54) is 21.9 Å².